The molecular weight excluding hydrogens is 372 g/mol. The summed E-state index contributed by atoms with van der Waals surface area (Å²) < 4.78 is 0. The number of rotatable bonds is 8. The number of carbonyl (C=O) groups is 2. The molecule has 2 aromatic rings. The van der Waals surface area contributed by atoms with Crippen molar-refractivity contribution in [3.8, 4) is 0 Å². The van der Waals surface area contributed by atoms with Crippen LogP contribution in [0.5, 0.6) is 0 Å². The van der Waals surface area contributed by atoms with Crippen molar-refractivity contribution in [2.75, 3.05) is 0 Å². The molecule has 4 nitrogen and oxygen atoms in total. The van der Waals surface area contributed by atoms with E-state index in [1.165, 1.54) is 24.0 Å². The smallest absolute Gasteiger partial charge is 0.243 e. The van der Waals surface area contributed by atoms with E-state index in [0.29, 0.717) is 19.4 Å². The standard InChI is InChI=1S/C26H34N2O2/c1-4-24(26(30)27-23-12-8-9-13-23)28(18-21-10-6-5-7-11-21)25(29)17-22-15-14-19(2)20(3)16-22/h5-7,10-11,14-16,23-24H,4,8-9,12-13,17-18H2,1-3H3,(H,27,30). The minimum absolute atomic E-state index is 0.00414. The number of nitrogens with zero attached hydrogens (tertiary/aromatic N) is 1. The number of benzene rings is 2. The SMILES string of the molecule is CCC(C(=O)NC1CCCC1)N(Cc1ccccc1)C(=O)Cc1ccc(C)c(C)c1. The fraction of sp³-hybridized carbons (Fsp3) is 0.462. The van der Waals surface area contributed by atoms with E-state index in [-0.39, 0.29) is 17.9 Å². The Balaban J connectivity index is 1.80. The number of hydrogen-bond donors (Lipinski definition) is 1. The Hall–Kier alpha value is -2.62. The highest BCUT2D eigenvalue weighted by molar-refractivity contribution is 5.88. The Bertz CT molecular complexity index is 857. The quantitative estimate of drug-likeness (QED) is 0.690. The van der Waals surface area contributed by atoms with E-state index in [2.05, 4.69) is 31.3 Å². The van der Waals surface area contributed by atoms with E-state index in [1.807, 2.05) is 43.3 Å². The van der Waals surface area contributed by atoms with Crippen molar-refractivity contribution >= 4 is 11.8 Å². The van der Waals surface area contributed by atoms with Crippen LogP contribution in [0.2, 0.25) is 0 Å². The zero-order chi connectivity index (χ0) is 21.5. The van der Waals surface area contributed by atoms with Gasteiger partial charge in [-0.2, -0.15) is 0 Å². The van der Waals surface area contributed by atoms with Crippen LogP contribution in [0, 0.1) is 13.8 Å². The predicted molar refractivity (Wildman–Crippen MR) is 121 cm³/mol. The Morgan fingerprint density at radius 2 is 1.70 bits per heavy atom. The summed E-state index contributed by atoms with van der Waals surface area (Å²) in [5.74, 6) is -0.0238. The molecule has 2 aromatic carbocycles. The molecular formula is C26H34N2O2. The van der Waals surface area contributed by atoms with Gasteiger partial charge in [0.25, 0.3) is 0 Å². The molecule has 1 aliphatic carbocycles. The van der Waals surface area contributed by atoms with Gasteiger partial charge in [-0.3, -0.25) is 9.59 Å². The van der Waals surface area contributed by atoms with Gasteiger partial charge in [-0.15, -0.1) is 0 Å². The largest absolute Gasteiger partial charge is 0.352 e. The first-order valence-electron chi connectivity index (χ1n) is 11.2. The summed E-state index contributed by atoms with van der Waals surface area (Å²) in [6, 6.07) is 15.9. The van der Waals surface area contributed by atoms with Crippen LogP contribution in [-0.2, 0) is 22.6 Å². The van der Waals surface area contributed by atoms with E-state index >= 15 is 0 Å². The fourth-order valence-corrected chi connectivity index (χ4v) is 4.26. The average molecular weight is 407 g/mol. The topological polar surface area (TPSA) is 49.4 Å². The van der Waals surface area contributed by atoms with Crippen LogP contribution in [0.25, 0.3) is 0 Å². The van der Waals surface area contributed by atoms with Gasteiger partial charge in [-0.05, 0) is 55.4 Å². The lowest BCUT2D eigenvalue weighted by Crippen LogP contribution is -2.51. The van der Waals surface area contributed by atoms with Gasteiger partial charge in [0, 0.05) is 12.6 Å². The summed E-state index contributed by atoms with van der Waals surface area (Å²) >= 11 is 0. The third kappa shape index (κ3) is 5.71. The molecule has 160 valence electrons. The summed E-state index contributed by atoms with van der Waals surface area (Å²) in [6.07, 6.45) is 5.32. The van der Waals surface area contributed by atoms with Crippen LogP contribution in [0.4, 0.5) is 0 Å². The van der Waals surface area contributed by atoms with Crippen molar-refractivity contribution in [3.63, 3.8) is 0 Å². The van der Waals surface area contributed by atoms with Gasteiger partial charge in [0.1, 0.15) is 6.04 Å². The molecule has 1 aliphatic rings. The van der Waals surface area contributed by atoms with Gasteiger partial charge >= 0.3 is 0 Å². The number of amides is 2. The van der Waals surface area contributed by atoms with Crippen LogP contribution in [-0.4, -0.2) is 28.8 Å². The van der Waals surface area contributed by atoms with Gasteiger partial charge in [0.15, 0.2) is 0 Å². The summed E-state index contributed by atoms with van der Waals surface area (Å²) in [7, 11) is 0. The number of aryl methyl sites for hydroxylation is 2. The van der Waals surface area contributed by atoms with Crippen LogP contribution in [0.3, 0.4) is 0 Å². The van der Waals surface area contributed by atoms with Crippen molar-refractivity contribution in [2.24, 2.45) is 0 Å². The zero-order valence-electron chi connectivity index (χ0n) is 18.5. The van der Waals surface area contributed by atoms with Crippen molar-refractivity contribution in [3.05, 3.63) is 70.8 Å². The lowest BCUT2D eigenvalue weighted by atomic mass is 10.0. The van der Waals surface area contributed by atoms with Crippen LogP contribution < -0.4 is 5.32 Å². The average Bonchev–Trinajstić information content (AvgIpc) is 3.24. The molecule has 4 heteroatoms. The Morgan fingerprint density at radius 1 is 1.00 bits per heavy atom. The second-order valence-electron chi connectivity index (χ2n) is 8.52. The molecule has 1 saturated carbocycles. The van der Waals surface area contributed by atoms with Gasteiger partial charge in [0.2, 0.25) is 11.8 Å². The molecule has 1 unspecified atom stereocenters. The van der Waals surface area contributed by atoms with E-state index < -0.39 is 6.04 Å². The van der Waals surface area contributed by atoms with Crippen LogP contribution >= 0.6 is 0 Å². The second kappa shape index (κ2) is 10.4. The highest BCUT2D eigenvalue weighted by Gasteiger charge is 2.30. The lowest BCUT2D eigenvalue weighted by Gasteiger charge is -2.31. The van der Waals surface area contributed by atoms with Gasteiger partial charge in [0.05, 0.1) is 6.42 Å². The molecule has 3 rings (SSSR count). The van der Waals surface area contributed by atoms with E-state index in [1.54, 1.807) is 4.90 Å². The predicted octanol–water partition coefficient (Wildman–Crippen LogP) is 4.71. The first kappa shape index (κ1) is 22.1. The summed E-state index contributed by atoms with van der Waals surface area (Å²) in [6.45, 7) is 6.57. The molecule has 0 spiro atoms. The normalized spacial score (nSPS) is 15.0. The molecule has 0 radical (unpaired) electrons. The second-order valence-corrected chi connectivity index (χ2v) is 8.52. The molecule has 0 heterocycles. The summed E-state index contributed by atoms with van der Waals surface area (Å²) in [5, 5.41) is 3.20. The first-order valence-corrected chi connectivity index (χ1v) is 11.2. The maximum atomic E-state index is 13.4. The molecule has 0 saturated heterocycles. The maximum Gasteiger partial charge on any atom is 0.243 e. The van der Waals surface area contributed by atoms with E-state index in [0.717, 1.165) is 24.0 Å². The van der Waals surface area contributed by atoms with Crippen molar-refractivity contribution < 1.29 is 9.59 Å². The molecule has 1 N–H and O–H groups in total. The van der Waals surface area contributed by atoms with Crippen molar-refractivity contribution in [1.82, 2.24) is 10.2 Å². The summed E-state index contributed by atoms with van der Waals surface area (Å²) in [5.41, 5.74) is 4.43. The molecule has 1 atom stereocenters. The number of hydrogen-bond acceptors (Lipinski definition) is 2. The Morgan fingerprint density at radius 3 is 2.33 bits per heavy atom. The molecule has 0 aliphatic heterocycles. The molecule has 1 fully saturated rings. The van der Waals surface area contributed by atoms with Crippen molar-refractivity contribution in [1.29, 1.82) is 0 Å². The minimum atomic E-state index is -0.454. The number of nitrogens with one attached hydrogen (secondary N) is 1. The highest BCUT2D eigenvalue weighted by atomic mass is 16.2. The fourth-order valence-electron chi connectivity index (χ4n) is 4.26. The van der Waals surface area contributed by atoms with Gasteiger partial charge < -0.3 is 10.2 Å². The minimum Gasteiger partial charge on any atom is -0.352 e. The maximum absolute atomic E-state index is 13.4. The van der Waals surface area contributed by atoms with Crippen LogP contribution in [0.15, 0.2) is 48.5 Å². The molecule has 0 bridgehead atoms. The number of carbonyl (C=O) groups excluding carboxylic acids is 2. The Labute approximate surface area is 180 Å². The monoisotopic (exact) mass is 406 g/mol. The molecule has 0 aromatic heterocycles. The third-order valence-corrected chi connectivity index (χ3v) is 6.21. The van der Waals surface area contributed by atoms with Crippen molar-refractivity contribution in [2.45, 2.75) is 77.9 Å². The van der Waals surface area contributed by atoms with E-state index in [4.69, 9.17) is 0 Å². The van der Waals surface area contributed by atoms with Gasteiger partial charge in [-0.25, -0.2) is 0 Å². The van der Waals surface area contributed by atoms with Crippen LogP contribution in [0.1, 0.15) is 61.3 Å². The highest BCUT2D eigenvalue weighted by Crippen LogP contribution is 2.20. The summed E-state index contributed by atoms with van der Waals surface area (Å²) in [4.78, 5) is 28.3. The lowest BCUT2D eigenvalue weighted by molar-refractivity contribution is -0.141. The first-order chi connectivity index (χ1) is 14.5. The van der Waals surface area contributed by atoms with E-state index in [9.17, 15) is 9.59 Å². The molecule has 2 amide bonds. The third-order valence-electron chi connectivity index (χ3n) is 6.21. The molecule has 30 heavy (non-hydrogen) atoms. The Kier molecular flexibility index (Phi) is 7.67. The van der Waals surface area contributed by atoms with Gasteiger partial charge in [-0.1, -0.05) is 68.3 Å². The zero-order valence-corrected chi connectivity index (χ0v) is 18.5.